The molecular formula is C17H21NO4. The van der Waals surface area contributed by atoms with E-state index in [0.717, 1.165) is 43.0 Å². The number of carbonyl (C=O) groups excluding carboxylic acids is 1. The predicted molar refractivity (Wildman–Crippen MR) is 83.1 cm³/mol. The second-order valence-electron chi connectivity index (χ2n) is 5.52. The maximum Gasteiger partial charge on any atom is 0.323 e. The monoisotopic (exact) mass is 303 g/mol. The third-order valence-electron chi connectivity index (χ3n) is 4.34. The molecule has 2 heterocycles. The minimum Gasteiger partial charge on any atom is -0.493 e. The van der Waals surface area contributed by atoms with Crippen molar-refractivity contribution in [2.24, 2.45) is 0 Å². The highest BCUT2D eigenvalue weighted by atomic mass is 16.5. The molecule has 1 unspecified atom stereocenters. The second kappa shape index (κ2) is 6.40. The van der Waals surface area contributed by atoms with Crippen molar-refractivity contribution in [3.05, 3.63) is 29.8 Å². The van der Waals surface area contributed by atoms with E-state index in [4.69, 9.17) is 14.2 Å². The van der Waals surface area contributed by atoms with Crippen LogP contribution in [0.3, 0.4) is 0 Å². The van der Waals surface area contributed by atoms with Crippen molar-refractivity contribution in [2.45, 2.75) is 18.9 Å². The van der Waals surface area contributed by atoms with Gasteiger partial charge in [0.15, 0.2) is 11.5 Å². The van der Waals surface area contributed by atoms with E-state index in [1.807, 2.05) is 18.2 Å². The van der Waals surface area contributed by atoms with E-state index in [1.54, 1.807) is 14.2 Å². The van der Waals surface area contributed by atoms with Crippen LogP contribution in [-0.2, 0) is 9.53 Å². The summed E-state index contributed by atoms with van der Waals surface area (Å²) in [5.41, 5.74) is 2.43. The first-order chi connectivity index (χ1) is 10.7. The van der Waals surface area contributed by atoms with Crippen molar-refractivity contribution >= 4 is 11.5 Å². The maximum atomic E-state index is 11.7. The minimum absolute atomic E-state index is 0.0665. The summed E-state index contributed by atoms with van der Waals surface area (Å²) in [6.45, 7) is 2.20. The van der Waals surface area contributed by atoms with Crippen LogP contribution < -0.4 is 9.47 Å². The summed E-state index contributed by atoms with van der Waals surface area (Å²) in [4.78, 5) is 13.9. The largest absolute Gasteiger partial charge is 0.493 e. The van der Waals surface area contributed by atoms with Crippen molar-refractivity contribution in [1.82, 2.24) is 4.90 Å². The van der Waals surface area contributed by atoms with Crippen molar-refractivity contribution < 1.29 is 19.0 Å². The smallest absolute Gasteiger partial charge is 0.323 e. The van der Waals surface area contributed by atoms with E-state index < -0.39 is 0 Å². The molecule has 5 heteroatoms. The molecule has 0 amide bonds. The Bertz CT molecular complexity index is 596. The van der Waals surface area contributed by atoms with Crippen LogP contribution in [0.4, 0.5) is 0 Å². The van der Waals surface area contributed by atoms with E-state index in [-0.39, 0.29) is 12.0 Å². The standard InChI is InChI=1S/C17H21NO4/c1-20-15-4-3-13(11-16(15)21-2)12-5-8-18(9-6-12)14-7-10-22-17(14)19/h3-5,11,14H,6-10H2,1-2H3. The van der Waals surface area contributed by atoms with Gasteiger partial charge in [0.05, 0.1) is 20.8 Å². The van der Waals surface area contributed by atoms with Crippen molar-refractivity contribution in [3.8, 4) is 11.5 Å². The lowest BCUT2D eigenvalue weighted by atomic mass is 9.98. The molecule has 1 fully saturated rings. The van der Waals surface area contributed by atoms with E-state index >= 15 is 0 Å². The van der Waals surface area contributed by atoms with Gasteiger partial charge in [0.25, 0.3) is 0 Å². The van der Waals surface area contributed by atoms with Gasteiger partial charge in [0.2, 0.25) is 0 Å². The lowest BCUT2D eigenvalue weighted by Gasteiger charge is -2.29. The van der Waals surface area contributed by atoms with Crippen LogP contribution in [-0.4, -0.2) is 50.8 Å². The van der Waals surface area contributed by atoms with Gasteiger partial charge < -0.3 is 14.2 Å². The molecule has 0 spiro atoms. The van der Waals surface area contributed by atoms with Gasteiger partial charge >= 0.3 is 5.97 Å². The molecule has 1 saturated heterocycles. The number of cyclic esters (lactones) is 1. The van der Waals surface area contributed by atoms with E-state index in [2.05, 4.69) is 11.0 Å². The van der Waals surface area contributed by atoms with Gasteiger partial charge in [-0.1, -0.05) is 12.1 Å². The molecule has 22 heavy (non-hydrogen) atoms. The molecule has 0 N–H and O–H groups in total. The molecule has 0 bridgehead atoms. The molecule has 0 aromatic heterocycles. The highest BCUT2D eigenvalue weighted by Gasteiger charge is 2.32. The van der Waals surface area contributed by atoms with Crippen LogP contribution in [0.25, 0.3) is 5.57 Å². The third-order valence-corrected chi connectivity index (χ3v) is 4.34. The fraction of sp³-hybridized carbons (Fsp3) is 0.471. The highest BCUT2D eigenvalue weighted by Crippen LogP contribution is 2.32. The van der Waals surface area contributed by atoms with E-state index in [1.165, 1.54) is 5.57 Å². The topological polar surface area (TPSA) is 48.0 Å². The summed E-state index contributed by atoms with van der Waals surface area (Å²) in [5.74, 6) is 1.39. The van der Waals surface area contributed by atoms with Gasteiger partial charge in [0, 0.05) is 19.5 Å². The van der Waals surface area contributed by atoms with Crippen LogP contribution in [0, 0.1) is 0 Å². The number of esters is 1. The Hall–Kier alpha value is -2.01. The Morgan fingerprint density at radius 1 is 1.23 bits per heavy atom. The Kier molecular flexibility index (Phi) is 4.34. The SMILES string of the molecule is COc1ccc(C2=CCN(C3CCOC3=O)CC2)cc1OC. The average Bonchev–Trinajstić information content (AvgIpc) is 3.00. The second-order valence-corrected chi connectivity index (χ2v) is 5.52. The van der Waals surface area contributed by atoms with Crippen LogP contribution >= 0.6 is 0 Å². The first-order valence-electron chi connectivity index (χ1n) is 7.55. The summed E-state index contributed by atoms with van der Waals surface area (Å²) in [5, 5.41) is 0. The Morgan fingerprint density at radius 2 is 2.05 bits per heavy atom. The maximum absolute atomic E-state index is 11.7. The average molecular weight is 303 g/mol. The van der Waals surface area contributed by atoms with Crippen LogP contribution in [0.5, 0.6) is 11.5 Å². The zero-order chi connectivity index (χ0) is 15.5. The summed E-state index contributed by atoms with van der Waals surface area (Å²) < 4.78 is 15.7. The van der Waals surface area contributed by atoms with Crippen molar-refractivity contribution in [1.29, 1.82) is 0 Å². The minimum atomic E-state index is -0.0806. The van der Waals surface area contributed by atoms with E-state index in [9.17, 15) is 4.79 Å². The molecule has 1 aromatic carbocycles. The van der Waals surface area contributed by atoms with Gasteiger partial charge in [-0.25, -0.2) is 0 Å². The molecule has 0 saturated carbocycles. The number of hydrogen-bond donors (Lipinski definition) is 0. The van der Waals surface area contributed by atoms with Crippen molar-refractivity contribution in [3.63, 3.8) is 0 Å². The fourth-order valence-corrected chi connectivity index (χ4v) is 3.08. The Balaban J connectivity index is 1.74. The number of methoxy groups -OCH3 is 2. The molecule has 2 aliphatic heterocycles. The highest BCUT2D eigenvalue weighted by molar-refractivity contribution is 5.78. The zero-order valence-corrected chi connectivity index (χ0v) is 13.0. The number of nitrogens with zero attached hydrogens (tertiary/aromatic N) is 1. The summed E-state index contributed by atoms with van der Waals surface area (Å²) >= 11 is 0. The van der Waals surface area contributed by atoms with Crippen LogP contribution in [0.15, 0.2) is 24.3 Å². The normalized spacial score (nSPS) is 22.2. The lowest BCUT2D eigenvalue weighted by molar-refractivity contribution is -0.142. The Morgan fingerprint density at radius 3 is 2.64 bits per heavy atom. The molecule has 0 aliphatic carbocycles. The molecule has 1 atom stereocenters. The van der Waals surface area contributed by atoms with Gasteiger partial charge in [-0.15, -0.1) is 0 Å². The molecule has 118 valence electrons. The number of hydrogen-bond acceptors (Lipinski definition) is 5. The number of ether oxygens (including phenoxy) is 3. The number of benzene rings is 1. The first-order valence-corrected chi connectivity index (χ1v) is 7.55. The third kappa shape index (κ3) is 2.81. The van der Waals surface area contributed by atoms with Crippen LogP contribution in [0.2, 0.25) is 0 Å². The zero-order valence-electron chi connectivity index (χ0n) is 13.0. The molecule has 0 radical (unpaired) electrons. The number of carbonyl (C=O) groups is 1. The molecule has 5 nitrogen and oxygen atoms in total. The molecule has 1 aromatic rings. The van der Waals surface area contributed by atoms with Gasteiger partial charge in [0.1, 0.15) is 6.04 Å². The molecule has 2 aliphatic rings. The van der Waals surface area contributed by atoms with E-state index in [0.29, 0.717) is 6.61 Å². The predicted octanol–water partition coefficient (Wildman–Crippen LogP) is 2.11. The number of rotatable bonds is 4. The molecular weight excluding hydrogens is 282 g/mol. The Labute approximate surface area is 130 Å². The quantitative estimate of drug-likeness (QED) is 0.797. The fourth-order valence-electron chi connectivity index (χ4n) is 3.08. The summed E-state index contributed by atoms with van der Waals surface area (Å²) in [6.07, 6.45) is 3.91. The lowest BCUT2D eigenvalue weighted by Crippen LogP contribution is -2.41. The summed E-state index contributed by atoms with van der Waals surface area (Å²) in [6, 6.07) is 5.91. The van der Waals surface area contributed by atoms with Gasteiger partial charge in [-0.2, -0.15) is 0 Å². The van der Waals surface area contributed by atoms with Crippen molar-refractivity contribution in [2.75, 3.05) is 33.9 Å². The summed E-state index contributed by atoms with van der Waals surface area (Å²) in [7, 11) is 3.28. The first kappa shape index (κ1) is 14.9. The van der Waals surface area contributed by atoms with Gasteiger partial charge in [-0.05, 0) is 29.7 Å². The van der Waals surface area contributed by atoms with Gasteiger partial charge in [-0.3, -0.25) is 9.69 Å². The van der Waals surface area contributed by atoms with Crippen LogP contribution in [0.1, 0.15) is 18.4 Å². The molecule has 3 rings (SSSR count).